The van der Waals surface area contributed by atoms with E-state index in [4.69, 9.17) is 10.1 Å². The number of nitrogens with one attached hydrogen (secondary N) is 1. The van der Waals surface area contributed by atoms with Crippen LogP contribution >= 0.6 is 0 Å². The standard InChI is InChI=1S/C23H23NO4/c24-18-11-7-2-1-3-8-12-21(16-9-5-4-6-10-16)28-23(27)22-17(13-18)14-19(25)15-20(22)26/h3-11,14-15,21,24-26H,1-2,12-13H2/b8-3+,11-7+,24-18?/t21-/m1/s1. The molecule has 2 aromatic carbocycles. The van der Waals surface area contributed by atoms with Gasteiger partial charge in [-0.05, 0) is 36.1 Å². The summed E-state index contributed by atoms with van der Waals surface area (Å²) in [6.45, 7) is 0. The number of rotatable bonds is 1. The van der Waals surface area contributed by atoms with Crippen molar-refractivity contribution in [1.29, 1.82) is 5.41 Å². The second kappa shape index (κ2) is 9.04. The molecule has 1 aliphatic rings. The van der Waals surface area contributed by atoms with Crippen LogP contribution in [-0.4, -0.2) is 21.9 Å². The number of phenols is 2. The van der Waals surface area contributed by atoms with E-state index in [0.29, 0.717) is 12.0 Å². The molecule has 0 aromatic heterocycles. The third kappa shape index (κ3) is 4.88. The highest BCUT2D eigenvalue weighted by molar-refractivity contribution is 5.99. The summed E-state index contributed by atoms with van der Waals surface area (Å²) in [7, 11) is 0. The first-order valence-corrected chi connectivity index (χ1v) is 9.24. The van der Waals surface area contributed by atoms with Gasteiger partial charge in [-0.1, -0.05) is 48.6 Å². The smallest absolute Gasteiger partial charge is 0.342 e. The van der Waals surface area contributed by atoms with Crippen LogP contribution in [0.1, 0.15) is 46.9 Å². The summed E-state index contributed by atoms with van der Waals surface area (Å²) in [5.41, 5.74) is 1.48. The van der Waals surface area contributed by atoms with Gasteiger partial charge in [-0.3, -0.25) is 0 Å². The van der Waals surface area contributed by atoms with Crippen molar-refractivity contribution >= 4 is 11.7 Å². The number of carbonyl (C=O) groups excluding carboxylic acids is 1. The molecule has 1 aliphatic heterocycles. The van der Waals surface area contributed by atoms with Crippen molar-refractivity contribution in [2.75, 3.05) is 0 Å². The monoisotopic (exact) mass is 377 g/mol. The minimum atomic E-state index is -0.677. The topological polar surface area (TPSA) is 90.6 Å². The largest absolute Gasteiger partial charge is 0.508 e. The summed E-state index contributed by atoms with van der Waals surface area (Å²) in [6.07, 6.45) is 9.36. The quantitative estimate of drug-likeness (QED) is 0.489. The van der Waals surface area contributed by atoms with E-state index >= 15 is 0 Å². The van der Waals surface area contributed by atoms with Crippen LogP contribution in [0.5, 0.6) is 11.5 Å². The zero-order valence-corrected chi connectivity index (χ0v) is 15.5. The normalized spacial score (nSPS) is 20.5. The zero-order chi connectivity index (χ0) is 19.9. The fraction of sp³-hybridized carbons (Fsp3) is 0.217. The number of cyclic esters (lactones) is 1. The van der Waals surface area contributed by atoms with E-state index in [1.165, 1.54) is 6.07 Å². The van der Waals surface area contributed by atoms with Gasteiger partial charge >= 0.3 is 5.97 Å². The molecule has 1 atom stereocenters. The maximum atomic E-state index is 12.9. The minimum absolute atomic E-state index is 0.0158. The molecule has 0 saturated heterocycles. The van der Waals surface area contributed by atoms with Crippen LogP contribution in [-0.2, 0) is 11.2 Å². The van der Waals surface area contributed by atoms with E-state index in [2.05, 4.69) is 0 Å². The molecule has 0 spiro atoms. The number of hydrogen-bond donors (Lipinski definition) is 3. The molecule has 0 saturated carbocycles. The zero-order valence-electron chi connectivity index (χ0n) is 15.5. The molecule has 0 fully saturated rings. The van der Waals surface area contributed by atoms with E-state index in [0.717, 1.165) is 24.5 Å². The Morgan fingerprint density at radius 2 is 1.75 bits per heavy atom. The molecule has 144 valence electrons. The maximum Gasteiger partial charge on any atom is 0.342 e. The van der Waals surface area contributed by atoms with E-state index < -0.39 is 12.1 Å². The second-order valence-corrected chi connectivity index (χ2v) is 6.69. The van der Waals surface area contributed by atoms with Crippen molar-refractivity contribution in [1.82, 2.24) is 0 Å². The Morgan fingerprint density at radius 1 is 1.00 bits per heavy atom. The van der Waals surface area contributed by atoms with Gasteiger partial charge in [0, 0.05) is 24.6 Å². The van der Waals surface area contributed by atoms with Crippen molar-refractivity contribution in [2.45, 2.75) is 31.8 Å². The van der Waals surface area contributed by atoms with E-state index in [1.54, 1.807) is 6.08 Å². The molecule has 1 heterocycles. The fourth-order valence-corrected chi connectivity index (χ4v) is 3.17. The summed E-state index contributed by atoms with van der Waals surface area (Å²) in [5, 5.41) is 28.2. The molecule has 2 aromatic rings. The van der Waals surface area contributed by atoms with Crippen LogP contribution in [0.25, 0.3) is 0 Å². The number of phenolic OH excluding ortho intramolecular Hbond substituents is 2. The molecule has 3 N–H and O–H groups in total. The van der Waals surface area contributed by atoms with Gasteiger partial charge < -0.3 is 20.4 Å². The Morgan fingerprint density at radius 3 is 2.54 bits per heavy atom. The molecule has 5 heteroatoms. The van der Waals surface area contributed by atoms with Gasteiger partial charge in [-0.2, -0.15) is 0 Å². The number of allylic oxidation sites excluding steroid dienone is 3. The average molecular weight is 377 g/mol. The van der Waals surface area contributed by atoms with Crippen LogP contribution < -0.4 is 0 Å². The molecule has 28 heavy (non-hydrogen) atoms. The Balaban J connectivity index is 2.01. The van der Waals surface area contributed by atoms with Gasteiger partial charge in [0.15, 0.2) is 0 Å². The SMILES string of the molecule is N=C1/C=C/CC/C=C/C[C@H](c2ccccc2)OC(=O)c2c(O)cc(O)cc2C1. The molecule has 5 nitrogen and oxygen atoms in total. The lowest BCUT2D eigenvalue weighted by atomic mass is 9.99. The highest BCUT2D eigenvalue weighted by Gasteiger charge is 2.24. The van der Waals surface area contributed by atoms with Gasteiger partial charge in [0.2, 0.25) is 0 Å². The highest BCUT2D eigenvalue weighted by atomic mass is 16.5. The van der Waals surface area contributed by atoms with E-state index in [1.807, 2.05) is 48.6 Å². The van der Waals surface area contributed by atoms with E-state index in [-0.39, 0.29) is 29.2 Å². The van der Waals surface area contributed by atoms with Crippen molar-refractivity contribution in [3.05, 3.63) is 83.5 Å². The van der Waals surface area contributed by atoms with Crippen molar-refractivity contribution in [2.24, 2.45) is 0 Å². The summed E-state index contributed by atoms with van der Waals surface area (Å²) in [6, 6.07) is 11.9. The summed E-state index contributed by atoms with van der Waals surface area (Å²) in [4.78, 5) is 12.9. The van der Waals surface area contributed by atoms with Gasteiger partial charge in [0.1, 0.15) is 23.2 Å². The summed E-state index contributed by atoms with van der Waals surface area (Å²) in [5.74, 6) is -1.20. The average Bonchev–Trinajstić information content (AvgIpc) is 2.65. The predicted molar refractivity (Wildman–Crippen MR) is 108 cm³/mol. The van der Waals surface area contributed by atoms with Gasteiger partial charge in [0.25, 0.3) is 0 Å². The number of esters is 1. The second-order valence-electron chi connectivity index (χ2n) is 6.69. The Labute approximate surface area is 164 Å². The molecular formula is C23H23NO4. The lowest BCUT2D eigenvalue weighted by Gasteiger charge is -2.19. The third-order valence-corrected chi connectivity index (χ3v) is 4.53. The lowest BCUT2D eigenvalue weighted by molar-refractivity contribution is 0.0299. The number of carbonyl (C=O) groups is 1. The summed E-state index contributed by atoms with van der Waals surface area (Å²) >= 11 is 0. The van der Waals surface area contributed by atoms with Crippen LogP contribution in [0.15, 0.2) is 66.8 Å². The molecule has 0 bridgehead atoms. The lowest BCUT2D eigenvalue weighted by Crippen LogP contribution is -2.15. The molecule has 0 radical (unpaired) electrons. The molecule has 0 amide bonds. The predicted octanol–water partition coefficient (Wildman–Crippen LogP) is 4.85. The minimum Gasteiger partial charge on any atom is -0.508 e. The van der Waals surface area contributed by atoms with Crippen LogP contribution in [0, 0.1) is 5.41 Å². The number of benzene rings is 2. The fourth-order valence-electron chi connectivity index (χ4n) is 3.17. The number of aromatic hydroxyl groups is 2. The molecular weight excluding hydrogens is 354 g/mol. The van der Waals surface area contributed by atoms with Crippen molar-refractivity contribution in [3.63, 3.8) is 0 Å². The van der Waals surface area contributed by atoms with Gasteiger partial charge in [-0.15, -0.1) is 0 Å². The molecule has 0 unspecified atom stereocenters. The number of fused-ring (bicyclic) bond motifs is 1. The Hall–Kier alpha value is -3.34. The first-order chi connectivity index (χ1) is 13.5. The molecule has 0 aliphatic carbocycles. The summed E-state index contributed by atoms with van der Waals surface area (Å²) < 4.78 is 5.74. The first-order valence-electron chi connectivity index (χ1n) is 9.24. The van der Waals surface area contributed by atoms with Crippen LogP contribution in [0.4, 0.5) is 0 Å². The van der Waals surface area contributed by atoms with Crippen LogP contribution in [0.3, 0.4) is 0 Å². The van der Waals surface area contributed by atoms with Crippen molar-refractivity contribution in [3.8, 4) is 11.5 Å². The van der Waals surface area contributed by atoms with Crippen molar-refractivity contribution < 1.29 is 19.7 Å². The third-order valence-electron chi connectivity index (χ3n) is 4.53. The molecule has 3 rings (SSSR count). The van der Waals surface area contributed by atoms with E-state index in [9.17, 15) is 15.0 Å². The van der Waals surface area contributed by atoms with Crippen LogP contribution in [0.2, 0.25) is 0 Å². The maximum absolute atomic E-state index is 12.9. The van der Waals surface area contributed by atoms with Gasteiger partial charge in [0.05, 0.1) is 0 Å². The first kappa shape index (κ1) is 19.4. The Bertz CT molecular complexity index is 916. The Kier molecular flexibility index (Phi) is 6.27. The number of hydrogen-bond acceptors (Lipinski definition) is 5. The van der Waals surface area contributed by atoms with Gasteiger partial charge in [-0.25, -0.2) is 4.79 Å². The highest BCUT2D eigenvalue weighted by Crippen LogP contribution is 2.31. The number of ether oxygens (including phenoxy) is 1.